The van der Waals surface area contributed by atoms with Crippen LogP contribution in [0.1, 0.15) is 69.8 Å². The molecule has 1 aliphatic carbocycles. The fourth-order valence-electron chi connectivity index (χ4n) is 5.35. The van der Waals surface area contributed by atoms with E-state index in [0.717, 1.165) is 25.7 Å². The van der Waals surface area contributed by atoms with Crippen LogP contribution in [0.5, 0.6) is 5.88 Å². The lowest BCUT2D eigenvalue weighted by molar-refractivity contribution is -0.140. The lowest BCUT2D eigenvalue weighted by atomic mass is 10.0. The number of rotatable bonds is 10. The molecule has 42 heavy (non-hydrogen) atoms. The molecule has 3 atom stereocenters. The Balaban J connectivity index is 1.56. The Kier molecular flexibility index (Phi) is 10.3. The van der Waals surface area contributed by atoms with E-state index in [1.807, 2.05) is 37.3 Å². The predicted octanol–water partition coefficient (Wildman–Crippen LogP) is 3.51. The predicted molar refractivity (Wildman–Crippen MR) is 153 cm³/mol. The third-order valence-corrected chi connectivity index (χ3v) is 7.58. The maximum Gasteiger partial charge on any atom is 0.410 e. The van der Waals surface area contributed by atoms with E-state index in [9.17, 15) is 24.3 Å². The number of carboxylic acids is 1. The van der Waals surface area contributed by atoms with Gasteiger partial charge in [0, 0.05) is 43.2 Å². The summed E-state index contributed by atoms with van der Waals surface area (Å²) in [6.07, 6.45) is 3.05. The van der Waals surface area contributed by atoms with Gasteiger partial charge in [-0.3, -0.25) is 14.4 Å². The smallest absolute Gasteiger partial charge is 0.410 e. The summed E-state index contributed by atoms with van der Waals surface area (Å²) in [7, 11) is 0. The van der Waals surface area contributed by atoms with Crippen LogP contribution in [-0.4, -0.2) is 92.7 Å². The summed E-state index contributed by atoms with van der Waals surface area (Å²) in [6, 6.07) is 8.84. The molecule has 12 heteroatoms. The Bertz CT molecular complexity index is 1270. The summed E-state index contributed by atoms with van der Waals surface area (Å²) in [5.41, 5.74) is 0.711. The quantitative estimate of drug-likeness (QED) is 0.429. The molecule has 0 radical (unpaired) electrons. The van der Waals surface area contributed by atoms with Crippen molar-refractivity contribution in [3.8, 4) is 17.3 Å². The summed E-state index contributed by atoms with van der Waals surface area (Å²) >= 11 is 0. The number of piperazine rings is 1. The molecule has 2 aromatic rings. The van der Waals surface area contributed by atoms with Crippen LogP contribution >= 0.6 is 0 Å². The minimum absolute atomic E-state index is 0.001000. The number of nitrogens with one attached hydrogen (secondary N) is 1. The third-order valence-electron chi connectivity index (χ3n) is 7.58. The molecule has 1 saturated carbocycles. The zero-order valence-electron chi connectivity index (χ0n) is 24.3. The minimum atomic E-state index is -1.12. The van der Waals surface area contributed by atoms with Crippen LogP contribution in [0.4, 0.5) is 4.79 Å². The number of carboxylic acid groups (broad SMARTS) is 1. The Labute approximate surface area is 245 Å². The van der Waals surface area contributed by atoms with Crippen molar-refractivity contribution in [1.29, 1.82) is 0 Å². The standard InChI is InChI=1S/C30H39N5O7/c1-4-41-30(40)35-18-19(2)34(17-20(35)3)29(39)23(14-15-26(36)37)32-28(38)24-16-25(42-22-12-8-9-13-22)33-27(31-24)21-10-6-5-7-11-21/h5-7,10-11,16,19-20,22-23H,4,8-9,12-15,17-18H2,1-3H3,(H,32,38)(H,36,37)/t19-,20+,23-/m0/s1. The monoisotopic (exact) mass is 581 g/mol. The molecule has 1 saturated heterocycles. The van der Waals surface area contributed by atoms with Crippen molar-refractivity contribution in [2.75, 3.05) is 19.7 Å². The normalized spacial score (nSPS) is 19.7. The van der Waals surface area contributed by atoms with Gasteiger partial charge in [-0.05, 0) is 52.9 Å². The fourth-order valence-corrected chi connectivity index (χ4v) is 5.35. The van der Waals surface area contributed by atoms with E-state index < -0.39 is 29.9 Å². The molecular formula is C30H39N5O7. The van der Waals surface area contributed by atoms with Crippen LogP contribution in [0.2, 0.25) is 0 Å². The SMILES string of the molecule is CCOC(=O)N1C[C@H](C)N(C(=O)[C@H](CCC(=O)O)NC(=O)c2cc(OC3CCCC3)nc(-c3ccccc3)n2)C[C@H]1C. The van der Waals surface area contributed by atoms with E-state index >= 15 is 0 Å². The van der Waals surface area contributed by atoms with Crippen LogP contribution in [0.15, 0.2) is 36.4 Å². The van der Waals surface area contributed by atoms with Crippen molar-refractivity contribution in [3.63, 3.8) is 0 Å². The van der Waals surface area contributed by atoms with Gasteiger partial charge >= 0.3 is 12.1 Å². The highest BCUT2D eigenvalue weighted by Crippen LogP contribution is 2.26. The molecule has 2 N–H and O–H groups in total. The summed E-state index contributed by atoms with van der Waals surface area (Å²) in [5, 5.41) is 12.1. The highest BCUT2D eigenvalue weighted by atomic mass is 16.6. The number of aromatic nitrogens is 2. The third kappa shape index (κ3) is 7.74. The minimum Gasteiger partial charge on any atom is -0.481 e. The van der Waals surface area contributed by atoms with Gasteiger partial charge in [0.05, 0.1) is 6.61 Å². The molecule has 0 bridgehead atoms. The van der Waals surface area contributed by atoms with Gasteiger partial charge in [-0.1, -0.05) is 30.3 Å². The summed E-state index contributed by atoms with van der Waals surface area (Å²) < 4.78 is 11.2. The molecule has 0 spiro atoms. The number of carbonyl (C=O) groups is 4. The summed E-state index contributed by atoms with van der Waals surface area (Å²) in [4.78, 5) is 63.3. The topological polar surface area (TPSA) is 151 Å². The van der Waals surface area contributed by atoms with Crippen molar-refractivity contribution in [2.45, 2.75) is 83.5 Å². The fraction of sp³-hybridized carbons (Fsp3) is 0.533. The maximum absolute atomic E-state index is 13.7. The summed E-state index contributed by atoms with van der Waals surface area (Å²) in [5.74, 6) is -1.57. The second-order valence-electron chi connectivity index (χ2n) is 10.8. The largest absolute Gasteiger partial charge is 0.481 e. The molecular weight excluding hydrogens is 542 g/mol. The van der Waals surface area contributed by atoms with Crippen molar-refractivity contribution < 1.29 is 33.8 Å². The van der Waals surface area contributed by atoms with Crippen LogP contribution in [0, 0.1) is 0 Å². The molecule has 4 rings (SSSR count). The van der Waals surface area contributed by atoms with Gasteiger partial charge < -0.3 is 29.7 Å². The van der Waals surface area contributed by atoms with Gasteiger partial charge in [-0.2, -0.15) is 4.98 Å². The zero-order chi connectivity index (χ0) is 30.2. The summed E-state index contributed by atoms with van der Waals surface area (Å²) in [6.45, 7) is 6.04. The van der Waals surface area contributed by atoms with Gasteiger partial charge in [0.1, 0.15) is 17.8 Å². The van der Waals surface area contributed by atoms with E-state index in [-0.39, 0.29) is 62.3 Å². The molecule has 2 heterocycles. The molecule has 0 unspecified atom stereocenters. The van der Waals surface area contributed by atoms with Gasteiger partial charge in [-0.25, -0.2) is 9.78 Å². The first-order chi connectivity index (χ1) is 20.2. The number of hydrogen-bond donors (Lipinski definition) is 2. The van der Waals surface area contributed by atoms with Crippen LogP contribution in [-0.2, 0) is 14.3 Å². The van der Waals surface area contributed by atoms with Gasteiger partial charge in [0.25, 0.3) is 5.91 Å². The highest BCUT2D eigenvalue weighted by Gasteiger charge is 2.38. The lowest BCUT2D eigenvalue weighted by Crippen LogP contribution is -2.62. The van der Waals surface area contributed by atoms with Crippen molar-refractivity contribution in [3.05, 3.63) is 42.1 Å². The molecule has 226 valence electrons. The first-order valence-corrected chi connectivity index (χ1v) is 14.5. The first kappa shape index (κ1) is 30.7. The number of ether oxygens (including phenoxy) is 2. The number of benzene rings is 1. The number of carbonyl (C=O) groups excluding carboxylic acids is 3. The van der Waals surface area contributed by atoms with E-state index in [2.05, 4.69) is 15.3 Å². The molecule has 1 aromatic carbocycles. The van der Waals surface area contributed by atoms with Gasteiger partial charge in [0.2, 0.25) is 11.8 Å². The first-order valence-electron chi connectivity index (χ1n) is 14.5. The van der Waals surface area contributed by atoms with Crippen LogP contribution < -0.4 is 10.1 Å². The second kappa shape index (κ2) is 14.1. The average molecular weight is 582 g/mol. The van der Waals surface area contributed by atoms with Crippen LogP contribution in [0.25, 0.3) is 11.4 Å². The number of aliphatic carboxylic acids is 1. The molecule has 2 fully saturated rings. The zero-order valence-corrected chi connectivity index (χ0v) is 24.3. The Morgan fingerprint density at radius 3 is 2.36 bits per heavy atom. The van der Waals surface area contributed by atoms with Crippen molar-refractivity contribution in [2.24, 2.45) is 0 Å². The number of amides is 3. The maximum atomic E-state index is 13.7. The van der Waals surface area contributed by atoms with Crippen molar-refractivity contribution in [1.82, 2.24) is 25.1 Å². The van der Waals surface area contributed by atoms with Gasteiger partial charge in [-0.15, -0.1) is 0 Å². The van der Waals surface area contributed by atoms with E-state index in [4.69, 9.17) is 9.47 Å². The van der Waals surface area contributed by atoms with Gasteiger partial charge in [0.15, 0.2) is 5.82 Å². The van der Waals surface area contributed by atoms with Crippen LogP contribution in [0.3, 0.4) is 0 Å². The molecule has 1 aromatic heterocycles. The molecule has 2 aliphatic rings. The lowest BCUT2D eigenvalue weighted by Gasteiger charge is -2.44. The Morgan fingerprint density at radius 1 is 1.02 bits per heavy atom. The molecule has 1 aliphatic heterocycles. The second-order valence-corrected chi connectivity index (χ2v) is 10.8. The van der Waals surface area contributed by atoms with Crippen molar-refractivity contribution >= 4 is 23.9 Å². The number of hydrogen-bond acceptors (Lipinski definition) is 8. The Hall–Kier alpha value is -4.22. The number of nitrogens with zero attached hydrogens (tertiary/aromatic N) is 4. The average Bonchev–Trinajstić information content (AvgIpc) is 3.49. The molecule has 3 amide bonds. The van der Waals surface area contributed by atoms with E-state index in [0.29, 0.717) is 11.4 Å². The van der Waals surface area contributed by atoms with E-state index in [1.54, 1.807) is 23.6 Å². The Morgan fingerprint density at radius 2 is 1.69 bits per heavy atom. The molecule has 12 nitrogen and oxygen atoms in total. The highest BCUT2D eigenvalue weighted by molar-refractivity contribution is 5.97. The van der Waals surface area contributed by atoms with E-state index in [1.165, 1.54) is 6.07 Å².